The van der Waals surface area contributed by atoms with Gasteiger partial charge in [-0.15, -0.1) is 16.4 Å². The highest BCUT2D eigenvalue weighted by molar-refractivity contribution is 7.13. The van der Waals surface area contributed by atoms with Crippen molar-refractivity contribution >= 4 is 30.3 Å². The monoisotopic (exact) mass is 398 g/mol. The predicted molar refractivity (Wildman–Crippen MR) is 101 cm³/mol. The van der Waals surface area contributed by atoms with E-state index < -0.39 is 19.0 Å². The standard InChI is InChI=1S/C17H15BN4O5S/c23-15(9-22-8-12(20-21-22)13-5-2-6-28-13)19-14-7-10-3-1-4-11(17(24)25)16(10)27-18(14)26/h1-6,8,14,26H,7,9H2,(H,19,23)(H,24,25)/t14-/m0/s1. The molecule has 3 N–H and O–H groups in total. The third kappa shape index (κ3) is 3.62. The fourth-order valence-electron chi connectivity index (χ4n) is 3.03. The van der Waals surface area contributed by atoms with Crippen molar-refractivity contribution in [1.82, 2.24) is 20.3 Å². The van der Waals surface area contributed by atoms with Crippen LogP contribution < -0.4 is 9.97 Å². The fourth-order valence-corrected chi connectivity index (χ4v) is 3.70. The van der Waals surface area contributed by atoms with Gasteiger partial charge in [-0.2, -0.15) is 0 Å². The number of carbonyl (C=O) groups is 2. The van der Waals surface area contributed by atoms with Gasteiger partial charge in [-0.25, -0.2) is 9.48 Å². The van der Waals surface area contributed by atoms with E-state index >= 15 is 0 Å². The molecule has 1 atom stereocenters. The zero-order valence-corrected chi connectivity index (χ0v) is 15.3. The Labute approximate surface area is 163 Å². The van der Waals surface area contributed by atoms with Gasteiger partial charge in [0.2, 0.25) is 5.91 Å². The van der Waals surface area contributed by atoms with Gasteiger partial charge in [0.15, 0.2) is 0 Å². The van der Waals surface area contributed by atoms with Crippen LogP contribution in [-0.2, 0) is 17.8 Å². The minimum absolute atomic E-state index is 0.0231. The molecule has 0 aliphatic carbocycles. The summed E-state index contributed by atoms with van der Waals surface area (Å²) in [6, 6.07) is 8.53. The van der Waals surface area contributed by atoms with Crippen molar-refractivity contribution in [2.24, 2.45) is 0 Å². The van der Waals surface area contributed by atoms with Gasteiger partial charge in [0.1, 0.15) is 18.0 Å². The van der Waals surface area contributed by atoms with Crippen molar-refractivity contribution in [3.8, 4) is 16.3 Å². The third-order valence-electron chi connectivity index (χ3n) is 4.31. The maximum Gasteiger partial charge on any atom is 0.547 e. The SMILES string of the molecule is O=C(Cn1cc(-c2cccs2)nn1)N[C@H]1Cc2cccc(C(=O)O)c2OB1O. The number of hydrogen-bond acceptors (Lipinski definition) is 7. The molecule has 142 valence electrons. The summed E-state index contributed by atoms with van der Waals surface area (Å²) in [6.45, 7) is -0.0659. The molecular weight excluding hydrogens is 383 g/mol. The second-order valence-corrected chi connectivity index (χ2v) is 7.21. The van der Waals surface area contributed by atoms with Crippen LogP contribution in [0.5, 0.6) is 5.75 Å². The van der Waals surface area contributed by atoms with Gasteiger partial charge in [0.05, 0.1) is 22.6 Å². The van der Waals surface area contributed by atoms with E-state index in [9.17, 15) is 19.7 Å². The zero-order chi connectivity index (χ0) is 19.7. The van der Waals surface area contributed by atoms with Crippen molar-refractivity contribution in [2.45, 2.75) is 18.9 Å². The number of nitrogens with zero attached hydrogens (tertiary/aromatic N) is 3. The quantitative estimate of drug-likeness (QED) is 0.544. The second kappa shape index (κ2) is 7.45. The highest BCUT2D eigenvalue weighted by Crippen LogP contribution is 2.30. The van der Waals surface area contributed by atoms with E-state index in [2.05, 4.69) is 15.6 Å². The Hall–Kier alpha value is -3.18. The van der Waals surface area contributed by atoms with Gasteiger partial charge in [-0.05, 0) is 29.5 Å². The lowest BCUT2D eigenvalue weighted by atomic mass is 9.72. The van der Waals surface area contributed by atoms with Crippen LogP contribution in [0.1, 0.15) is 15.9 Å². The first-order valence-corrected chi connectivity index (χ1v) is 9.32. The topological polar surface area (TPSA) is 127 Å². The first-order valence-electron chi connectivity index (χ1n) is 8.44. The van der Waals surface area contributed by atoms with E-state index in [4.69, 9.17) is 4.65 Å². The smallest absolute Gasteiger partial charge is 0.534 e. The number of hydrogen-bond donors (Lipinski definition) is 3. The van der Waals surface area contributed by atoms with Crippen molar-refractivity contribution in [3.63, 3.8) is 0 Å². The Bertz CT molecular complexity index is 1020. The Morgan fingerprint density at radius 3 is 2.96 bits per heavy atom. The lowest BCUT2D eigenvalue weighted by molar-refractivity contribution is -0.122. The molecule has 1 amide bonds. The molecule has 1 aliphatic rings. The average Bonchev–Trinajstić information content (AvgIpc) is 3.33. The number of aromatic nitrogens is 3. The molecule has 0 spiro atoms. The number of thiophene rings is 1. The molecule has 3 heterocycles. The molecule has 1 aliphatic heterocycles. The van der Waals surface area contributed by atoms with Crippen LogP contribution in [0.25, 0.3) is 10.6 Å². The molecule has 0 bridgehead atoms. The number of amides is 1. The van der Waals surface area contributed by atoms with E-state index in [1.54, 1.807) is 18.3 Å². The number of nitrogens with one attached hydrogen (secondary N) is 1. The number of para-hydroxylation sites is 1. The van der Waals surface area contributed by atoms with Gasteiger partial charge >= 0.3 is 13.1 Å². The molecule has 3 aromatic rings. The number of benzene rings is 1. The number of carboxylic acid groups (broad SMARTS) is 1. The van der Waals surface area contributed by atoms with Crippen LogP contribution in [0.15, 0.2) is 41.9 Å². The van der Waals surface area contributed by atoms with Crippen molar-refractivity contribution in [1.29, 1.82) is 0 Å². The number of carboxylic acids is 1. The van der Waals surface area contributed by atoms with E-state index in [0.29, 0.717) is 11.3 Å². The van der Waals surface area contributed by atoms with Crippen LogP contribution in [0.3, 0.4) is 0 Å². The van der Waals surface area contributed by atoms with E-state index in [1.807, 2.05) is 17.5 Å². The van der Waals surface area contributed by atoms with Crippen LogP contribution >= 0.6 is 11.3 Å². The fraction of sp³-hybridized carbons (Fsp3) is 0.176. The summed E-state index contributed by atoms with van der Waals surface area (Å²) in [5.74, 6) is -2.08. The van der Waals surface area contributed by atoms with Gasteiger partial charge in [0, 0.05) is 0 Å². The Morgan fingerprint density at radius 1 is 1.36 bits per heavy atom. The van der Waals surface area contributed by atoms with Crippen molar-refractivity contribution in [3.05, 3.63) is 53.0 Å². The van der Waals surface area contributed by atoms with Gasteiger partial charge in [0.25, 0.3) is 0 Å². The molecule has 11 heteroatoms. The largest absolute Gasteiger partial charge is 0.547 e. The highest BCUT2D eigenvalue weighted by Gasteiger charge is 2.37. The van der Waals surface area contributed by atoms with Crippen molar-refractivity contribution in [2.75, 3.05) is 0 Å². The third-order valence-corrected chi connectivity index (χ3v) is 5.21. The minimum Gasteiger partial charge on any atom is -0.534 e. The number of carbonyl (C=O) groups excluding carboxylic acids is 1. The Balaban J connectivity index is 1.42. The molecule has 0 fully saturated rings. The summed E-state index contributed by atoms with van der Waals surface area (Å²) in [6.07, 6.45) is 1.93. The first-order chi connectivity index (χ1) is 13.5. The molecule has 0 unspecified atom stereocenters. The van der Waals surface area contributed by atoms with Crippen molar-refractivity contribution < 1.29 is 24.4 Å². The maximum atomic E-state index is 12.4. The first kappa shape index (κ1) is 18.2. The van der Waals surface area contributed by atoms with Crippen LogP contribution in [0.4, 0.5) is 0 Å². The Kier molecular flexibility index (Phi) is 4.84. The molecule has 0 saturated heterocycles. The molecular formula is C17H15BN4O5S. The average molecular weight is 398 g/mol. The molecule has 0 radical (unpaired) electrons. The van der Waals surface area contributed by atoms with Crippen LogP contribution in [0, 0.1) is 0 Å². The summed E-state index contributed by atoms with van der Waals surface area (Å²) in [7, 11) is -1.35. The van der Waals surface area contributed by atoms with Gasteiger partial charge in [-0.3, -0.25) is 4.79 Å². The van der Waals surface area contributed by atoms with E-state index in [1.165, 1.54) is 22.1 Å². The molecule has 2 aromatic heterocycles. The summed E-state index contributed by atoms with van der Waals surface area (Å²) in [5.41, 5.74) is 1.26. The van der Waals surface area contributed by atoms with Gasteiger partial charge in [-0.1, -0.05) is 23.4 Å². The normalized spacial score (nSPS) is 15.6. The van der Waals surface area contributed by atoms with E-state index in [-0.39, 0.29) is 30.2 Å². The lowest BCUT2D eigenvalue weighted by Gasteiger charge is -2.28. The predicted octanol–water partition coefficient (Wildman–Crippen LogP) is 0.844. The zero-order valence-electron chi connectivity index (χ0n) is 14.5. The lowest BCUT2D eigenvalue weighted by Crippen LogP contribution is -2.53. The van der Waals surface area contributed by atoms with Crippen LogP contribution in [-0.4, -0.2) is 50.1 Å². The summed E-state index contributed by atoms with van der Waals surface area (Å²) >= 11 is 1.53. The van der Waals surface area contributed by atoms with Gasteiger partial charge < -0.3 is 20.1 Å². The highest BCUT2D eigenvalue weighted by atomic mass is 32.1. The second-order valence-electron chi connectivity index (χ2n) is 6.26. The number of rotatable bonds is 5. The molecule has 28 heavy (non-hydrogen) atoms. The molecule has 1 aromatic carbocycles. The van der Waals surface area contributed by atoms with Crippen LogP contribution in [0.2, 0.25) is 0 Å². The molecule has 0 saturated carbocycles. The molecule has 4 rings (SSSR count). The summed E-state index contributed by atoms with van der Waals surface area (Å²) in [4.78, 5) is 24.6. The number of fused-ring (bicyclic) bond motifs is 1. The Morgan fingerprint density at radius 2 is 2.21 bits per heavy atom. The maximum absolute atomic E-state index is 12.4. The molecule has 9 nitrogen and oxygen atoms in total. The summed E-state index contributed by atoms with van der Waals surface area (Å²) in [5, 5.41) is 32.1. The minimum atomic E-state index is -1.35. The number of aromatic carboxylic acids is 1. The summed E-state index contributed by atoms with van der Waals surface area (Å²) < 4.78 is 6.78. The van der Waals surface area contributed by atoms with E-state index in [0.717, 1.165) is 4.88 Å².